The van der Waals surface area contributed by atoms with E-state index in [0.717, 1.165) is 11.6 Å². The summed E-state index contributed by atoms with van der Waals surface area (Å²) in [5.74, 6) is -2.13. The topological polar surface area (TPSA) is 57.6 Å². The SMILES string of the molecule is CC(C)CC(=O)C1=C(O)C(=O)N(c2ccc(F)c(Cl)c2)C1c1ccc(C(C)(C)C)cc1. The third kappa shape index (κ3) is 4.52. The zero-order valence-electron chi connectivity index (χ0n) is 18.4. The first-order chi connectivity index (χ1) is 14.4. The number of anilines is 1. The molecule has 0 saturated heterocycles. The monoisotopic (exact) mass is 443 g/mol. The van der Waals surface area contributed by atoms with Crippen LogP contribution in [-0.2, 0) is 15.0 Å². The Morgan fingerprint density at radius 2 is 1.77 bits per heavy atom. The molecule has 3 rings (SSSR count). The smallest absolute Gasteiger partial charge is 0.294 e. The van der Waals surface area contributed by atoms with Gasteiger partial charge in [0.1, 0.15) is 5.82 Å². The van der Waals surface area contributed by atoms with Crippen LogP contribution in [0, 0.1) is 11.7 Å². The molecule has 6 heteroatoms. The van der Waals surface area contributed by atoms with Gasteiger partial charge in [-0.05, 0) is 40.7 Å². The molecule has 0 aliphatic carbocycles. The molecule has 0 spiro atoms. The number of rotatable bonds is 5. The van der Waals surface area contributed by atoms with E-state index in [4.69, 9.17) is 11.6 Å². The molecule has 2 aromatic carbocycles. The highest BCUT2D eigenvalue weighted by Crippen LogP contribution is 2.42. The van der Waals surface area contributed by atoms with Crippen LogP contribution in [0.5, 0.6) is 0 Å². The van der Waals surface area contributed by atoms with Crippen LogP contribution in [-0.4, -0.2) is 16.8 Å². The van der Waals surface area contributed by atoms with Crippen molar-refractivity contribution in [1.82, 2.24) is 0 Å². The Balaban J connectivity index is 2.15. The fraction of sp³-hybridized carbons (Fsp3) is 0.360. The maximum Gasteiger partial charge on any atom is 0.294 e. The van der Waals surface area contributed by atoms with Crippen molar-refractivity contribution in [2.75, 3.05) is 4.90 Å². The average molecular weight is 444 g/mol. The van der Waals surface area contributed by atoms with Gasteiger partial charge >= 0.3 is 0 Å². The molecule has 4 nitrogen and oxygen atoms in total. The lowest BCUT2D eigenvalue weighted by Gasteiger charge is -2.28. The van der Waals surface area contributed by atoms with Gasteiger partial charge in [0, 0.05) is 12.1 Å². The lowest BCUT2D eigenvalue weighted by Crippen LogP contribution is -2.31. The third-order valence-electron chi connectivity index (χ3n) is 5.38. The van der Waals surface area contributed by atoms with Crippen LogP contribution < -0.4 is 4.90 Å². The van der Waals surface area contributed by atoms with Crippen LogP contribution in [0.25, 0.3) is 0 Å². The first-order valence-electron chi connectivity index (χ1n) is 10.3. The maximum absolute atomic E-state index is 13.7. The second-order valence-corrected chi connectivity index (χ2v) is 9.74. The largest absolute Gasteiger partial charge is 0.503 e. The van der Waals surface area contributed by atoms with Gasteiger partial charge < -0.3 is 5.11 Å². The number of Topliss-reactive ketones (excluding diaryl/α,β-unsaturated/α-hetero) is 1. The summed E-state index contributed by atoms with van der Waals surface area (Å²) in [5.41, 5.74) is 2.07. The Bertz CT molecular complexity index is 1050. The number of carbonyl (C=O) groups is 2. The maximum atomic E-state index is 13.7. The molecule has 1 atom stereocenters. The minimum Gasteiger partial charge on any atom is -0.503 e. The molecular weight excluding hydrogens is 417 g/mol. The van der Waals surface area contributed by atoms with E-state index in [1.807, 2.05) is 38.1 Å². The molecule has 0 saturated carbocycles. The molecule has 1 aliphatic rings. The predicted octanol–water partition coefficient (Wildman–Crippen LogP) is 6.29. The number of amides is 1. The lowest BCUT2D eigenvalue weighted by atomic mass is 9.85. The molecular formula is C25H27ClFNO3. The molecule has 0 aromatic heterocycles. The lowest BCUT2D eigenvalue weighted by molar-refractivity contribution is -0.118. The first-order valence-corrected chi connectivity index (χ1v) is 10.6. The summed E-state index contributed by atoms with van der Waals surface area (Å²) >= 11 is 5.95. The molecule has 1 N–H and O–H groups in total. The summed E-state index contributed by atoms with van der Waals surface area (Å²) < 4.78 is 13.7. The second-order valence-electron chi connectivity index (χ2n) is 9.33. The van der Waals surface area contributed by atoms with E-state index in [1.54, 1.807) is 0 Å². The summed E-state index contributed by atoms with van der Waals surface area (Å²) in [6, 6.07) is 10.7. The van der Waals surface area contributed by atoms with Gasteiger partial charge in [-0.2, -0.15) is 0 Å². The minimum absolute atomic E-state index is 0.0566. The Morgan fingerprint density at radius 3 is 2.29 bits per heavy atom. The van der Waals surface area contributed by atoms with Gasteiger partial charge in [0.2, 0.25) is 0 Å². The van der Waals surface area contributed by atoms with Gasteiger partial charge in [-0.1, -0.05) is 70.5 Å². The quantitative estimate of drug-likeness (QED) is 0.590. The molecule has 1 unspecified atom stereocenters. The van der Waals surface area contributed by atoms with E-state index in [1.165, 1.54) is 17.0 Å². The van der Waals surface area contributed by atoms with Crippen LogP contribution >= 0.6 is 11.6 Å². The molecule has 1 heterocycles. The number of hydrogen-bond acceptors (Lipinski definition) is 3. The zero-order valence-corrected chi connectivity index (χ0v) is 19.1. The molecule has 0 radical (unpaired) electrons. The van der Waals surface area contributed by atoms with E-state index < -0.39 is 23.5 Å². The summed E-state index contributed by atoms with van der Waals surface area (Å²) in [4.78, 5) is 27.4. The van der Waals surface area contributed by atoms with Crippen molar-refractivity contribution in [1.29, 1.82) is 0 Å². The van der Waals surface area contributed by atoms with Gasteiger partial charge in [0.05, 0.1) is 16.6 Å². The van der Waals surface area contributed by atoms with Crippen LogP contribution in [0.2, 0.25) is 5.02 Å². The highest BCUT2D eigenvalue weighted by Gasteiger charge is 2.44. The van der Waals surface area contributed by atoms with Crippen LogP contribution in [0.15, 0.2) is 53.8 Å². The first kappa shape index (κ1) is 23.0. The van der Waals surface area contributed by atoms with Gasteiger partial charge in [-0.25, -0.2) is 4.39 Å². The number of aliphatic hydroxyl groups is 1. The number of benzene rings is 2. The van der Waals surface area contributed by atoms with E-state index in [2.05, 4.69) is 20.8 Å². The number of nitrogens with zero attached hydrogens (tertiary/aromatic N) is 1. The van der Waals surface area contributed by atoms with Crippen molar-refractivity contribution in [3.05, 3.63) is 75.8 Å². The molecule has 31 heavy (non-hydrogen) atoms. The Kier molecular flexibility index (Phi) is 6.28. The van der Waals surface area contributed by atoms with Crippen LogP contribution in [0.1, 0.15) is 58.2 Å². The van der Waals surface area contributed by atoms with Crippen molar-refractivity contribution in [3.8, 4) is 0 Å². The Morgan fingerprint density at radius 1 is 1.16 bits per heavy atom. The average Bonchev–Trinajstić information content (AvgIpc) is 2.94. The van der Waals surface area contributed by atoms with E-state index in [-0.39, 0.29) is 34.1 Å². The summed E-state index contributed by atoms with van der Waals surface area (Å²) in [7, 11) is 0. The van der Waals surface area contributed by atoms with E-state index in [0.29, 0.717) is 11.3 Å². The Hall–Kier alpha value is -2.66. The minimum atomic E-state index is -0.825. The molecule has 1 amide bonds. The third-order valence-corrected chi connectivity index (χ3v) is 5.67. The number of ketones is 1. The fourth-order valence-corrected chi connectivity index (χ4v) is 3.93. The highest BCUT2D eigenvalue weighted by molar-refractivity contribution is 6.31. The van der Waals surface area contributed by atoms with E-state index >= 15 is 0 Å². The van der Waals surface area contributed by atoms with Crippen molar-refractivity contribution < 1.29 is 19.1 Å². The van der Waals surface area contributed by atoms with Crippen molar-refractivity contribution >= 4 is 29.0 Å². The normalized spacial score (nSPS) is 17.1. The zero-order chi connectivity index (χ0) is 23.1. The van der Waals surface area contributed by atoms with E-state index in [9.17, 15) is 19.1 Å². The number of hydrogen-bond donors (Lipinski definition) is 1. The fourth-order valence-electron chi connectivity index (χ4n) is 3.75. The van der Waals surface area contributed by atoms with Crippen LogP contribution in [0.3, 0.4) is 0 Å². The number of halogens is 2. The van der Waals surface area contributed by atoms with Gasteiger partial charge in [-0.3, -0.25) is 14.5 Å². The number of carbonyl (C=O) groups excluding carboxylic acids is 2. The molecule has 0 bridgehead atoms. The van der Waals surface area contributed by atoms with Crippen molar-refractivity contribution in [2.45, 2.75) is 52.5 Å². The van der Waals surface area contributed by atoms with Gasteiger partial charge in [0.15, 0.2) is 11.5 Å². The summed E-state index contributed by atoms with van der Waals surface area (Å²) in [5, 5.41) is 10.5. The highest BCUT2D eigenvalue weighted by atomic mass is 35.5. The molecule has 1 aliphatic heterocycles. The molecule has 2 aromatic rings. The van der Waals surface area contributed by atoms with Crippen molar-refractivity contribution in [2.24, 2.45) is 5.92 Å². The standard InChI is InChI=1S/C25H27ClFNO3/c1-14(2)12-20(29)21-22(15-6-8-16(9-7-15)25(3,4)5)28(24(31)23(21)30)17-10-11-19(27)18(26)13-17/h6-11,13-14,22,30H,12H2,1-5H3. The predicted molar refractivity (Wildman–Crippen MR) is 121 cm³/mol. The van der Waals surface area contributed by atoms with Crippen molar-refractivity contribution in [3.63, 3.8) is 0 Å². The summed E-state index contributed by atoms with van der Waals surface area (Å²) in [6.45, 7) is 10.1. The van der Waals surface area contributed by atoms with Gasteiger partial charge in [0.25, 0.3) is 5.91 Å². The Labute approximate surface area is 187 Å². The molecule has 164 valence electrons. The molecule has 0 fully saturated rings. The second kappa shape index (κ2) is 8.46. The number of aliphatic hydroxyl groups excluding tert-OH is 1. The van der Waals surface area contributed by atoms with Gasteiger partial charge in [-0.15, -0.1) is 0 Å². The summed E-state index contributed by atoms with van der Waals surface area (Å²) in [6.07, 6.45) is 0.196. The van der Waals surface area contributed by atoms with Crippen LogP contribution in [0.4, 0.5) is 10.1 Å².